The molecule has 0 aliphatic carbocycles. The molecule has 0 radical (unpaired) electrons. The molecule has 0 fully saturated rings. The molecule has 0 saturated heterocycles. The molecular weight excluding hydrogens is 1820 g/mol. The highest BCUT2D eigenvalue weighted by Gasteiger charge is 2.16. The number of aromatic nitrogens is 23. The van der Waals surface area contributed by atoms with Gasteiger partial charge in [-0.05, 0) is 154 Å². The summed E-state index contributed by atoms with van der Waals surface area (Å²) in [4.78, 5) is 52.6. The highest BCUT2D eigenvalue weighted by molar-refractivity contribution is 5.14. The van der Waals surface area contributed by atoms with Gasteiger partial charge >= 0.3 is 0 Å². The van der Waals surface area contributed by atoms with E-state index in [2.05, 4.69) is 490 Å². The van der Waals surface area contributed by atoms with E-state index in [-0.39, 0.29) is 5.41 Å². The summed E-state index contributed by atoms with van der Waals surface area (Å²) in [7, 11) is 0. The van der Waals surface area contributed by atoms with Crippen molar-refractivity contribution in [2.45, 2.75) is 331 Å². The van der Waals surface area contributed by atoms with E-state index >= 15 is 0 Å². The summed E-state index contributed by atoms with van der Waals surface area (Å²) < 4.78 is 0. The second-order valence-corrected chi connectivity index (χ2v) is 48.9. The quantitative estimate of drug-likeness (QED) is 0.136. The van der Waals surface area contributed by atoms with Crippen LogP contribution in [0.2, 0.25) is 0 Å². The highest BCUT2D eigenvalue weighted by atomic mass is 15.3. The largest absolute Gasteiger partial charge is 0.265 e. The smallest absolute Gasteiger partial charge is 0.138 e. The Hall–Kier alpha value is -13.3. The van der Waals surface area contributed by atoms with Crippen LogP contribution in [-0.4, -0.2) is 116 Å². The van der Waals surface area contributed by atoms with Crippen molar-refractivity contribution in [1.29, 1.82) is 0 Å². The average molecular weight is 2030 g/mol. The van der Waals surface area contributed by atoms with Gasteiger partial charge in [-0.3, -0.25) is 29.9 Å². The third kappa shape index (κ3) is 268. The van der Waals surface area contributed by atoms with Crippen LogP contribution >= 0.6 is 0 Å². The second-order valence-electron chi connectivity index (χ2n) is 48.9. The molecule has 0 aliphatic heterocycles. The van der Waals surface area contributed by atoms with Crippen LogP contribution < -0.4 is 0 Å². The van der Waals surface area contributed by atoms with Crippen molar-refractivity contribution in [2.75, 3.05) is 0 Å². The normalized spacial score (nSPS) is 9.72. The van der Waals surface area contributed by atoms with Crippen molar-refractivity contribution >= 4 is 0 Å². The van der Waals surface area contributed by atoms with Gasteiger partial charge in [0.15, 0.2) is 0 Å². The Morgan fingerprint density at radius 2 is 0.284 bits per heavy atom. The van der Waals surface area contributed by atoms with Gasteiger partial charge in [0.1, 0.15) is 37.5 Å². The van der Waals surface area contributed by atoms with E-state index in [1.165, 1.54) is 60.1 Å². The molecule has 0 spiro atoms. The second kappa shape index (κ2) is 101. The van der Waals surface area contributed by atoms with Gasteiger partial charge in [0, 0.05) is 136 Å². The lowest BCUT2D eigenvalue weighted by Gasteiger charge is -2.14. The Kier molecular flexibility index (Phi) is 106. The molecule has 0 bridgehead atoms. The molecule has 15 aromatic rings. The number of hydrogen-bond acceptors (Lipinski definition) is 23. The van der Waals surface area contributed by atoms with Gasteiger partial charge in [0.2, 0.25) is 0 Å². The van der Waals surface area contributed by atoms with E-state index < -0.39 is 0 Å². The predicted molar refractivity (Wildman–Crippen MR) is 635 cm³/mol. The number of nitrogens with zero attached hydrogens (tertiary/aromatic N) is 23. The van der Waals surface area contributed by atoms with Crippen molar-refractivity contribution in [2.24, 2.45) is 54.1 Å². The molecule has 23 heteroatoms. The minimum absolute atomic E-state index is 0.0307. The summed E-state index contributed by atoms with van der Waals surface area (Å²) in [5.41, 5.74) is 10.3. The van der Waals surface area contributed by atoms with Gasteiger partial charge in [-0.2, -0.15) is 25.5 Å². The molecule has 4 aromatic carbocycles. The molecule has 15 rings (SSSR count). The van der Waals surface area contributed by atoms with Crippen LogP contribution in [0.3, 0.4) is 0 Å². The van der Waals surface area contributed by atoms with E-state index in [0.717, 1.165) is 5.82 Å². The number of pyridine rings is 2. The molecule has 0 unspecified atom stereocenters. The van der Waals surface area contributed by atoms with Crippen molar-refractivity contribution in [1.82, 2.24) is 116 Å². The molecule has 11 heterocycles. The van der Waals surface area contributed by atoms with Gasteiger partial charge in [-0.25, -0.2) is 39.9 Å². The van der Waals surface area contributed by atoms with Crippen LogP contribution in [0, 0.1) is 81.8 Å². The van der Waals surface area contributed by atoms with Gasteiger partial charge in [-0.1, -0.05) is 453 Å². The van der Waals surface area contributed by atoms with Gasteiger partial charge in [0.25, 0.3) is 0 Å². The topological polar surface area (TPSA) is 296 Å². The predicted octanol–water partition coefficient (Wildman–Crippen LogP) is 34.4. The summed E-state index contributed by atoms with van der Waals surface area (Å²) >= 11 is 0. The highest BCUT2D eigenvalue weighted by Crippen LogP contribution is 2.17. The molecule has 148 heavy (non-hydrogen) atoms. The minimum Gasteiger partial charge on any atom is -0.265 e. The van der Waals surface area contributed by atoms with Crippen LogP contribution in [0.4, 0.5) is 0 Å². The van der Waals surface area contributed by atoms with Crippen LogP contribution in [-0.2, 0) is 5.41 Å². The van der Waals surface area contributed by atoms with Crippen molar-refractivity contribution < 1.29 is 0 Å². The summed E-state index contributed by atoms with van der Waals surface area (Å²) in [5.74, 6) is 0.836. The van der Waals surface area contributed by atoms with E-state index in [0.29, 0.717) is 54.1 Å². The van der Waals surface area contributed by atoms with Gasteiger partial charge in [-0.15, -0.1) is 15.3 Å². The fourth-order valence-corrected chi connectivity index (χ4v) is 5.32. The zero-order valence-corrected chi connectivity index (χ0v) is 101. The van der Waals surface area contributed by atoms with Crippen LogP contribution in [0.5, 0.6) is 0 Å². The number of aryl methyl sites for hydroxylation is 4. The third-order valence-corrected chi connectivity index (χ3v) is 9.75. The van der Waals surface area contributed by atoms with E-state index in [9.17, 15) is 0 Å². The number of rotatable bonds is 0. The SMILES string of the molecule is CC(C)(C)C.CC(C)(C)C.CC(C)(C)C.CC(C)(C)C.CC(C)(C)C.CC(C)(C)C.CC(C)(C)C.CC(C)(C)C.CC(C)(C)C.CC(C)(C)C.CC(C)(C)c1ncncn1.Cc1ccccc1.Cc1ccccc1.Cc1ccccc1.Cc1ccccc1.c1ccncc1.c1ccncc1.c1ccnnc1.c1ccnnc1.c1cnccn1.c1cnccn1.c1cncnc1.c1cncnc1.c1cnncn1.c1cnnnc1. The number of benzene rings is 4. The van der Waals surface area contributed by atoms with E-state index in [4.69, 9.17) is 0 Å². The molecule has 23 nitrogen and oxygen atoms in total. The van der Waals surface area contributed by atoms with Crippen LogP contribution in [0.15, 0.2) is 381 Å². The molecular formula is C125H203N23. The van der Waals surface area contributed by atoms with Crippen LogP contribution in [0.25, 0.3) is 0 Å². The third-order valence-electron chi connectivity index (χ3n) is 9.75. The van der Waals surface area contributed by atoms with Crippen molar-refractivity contribution in [3.8, 4) is 0 Å². The summed E-state index contributed by atoms with van der Waals surface area (Å²) in [6, 6.07) is 65.1. The molecule has 0 atom stereocenters. The zero-order chi connectivity index (χ0) is 115. The Labute approximate surface area is 903 Å². The minimum atomic E-state index is 0.0307. The maximum atomic E-state index is 4.03. The Bertz CT molecular complexity index is 3650. The Morgan fingerprint density at radius 3 is 0.358 bits per heavy atom. The first-order valence-corrected chi connectivity index (χ1v) is 50.0. The fraction of sp³-hybridized carbons (Fsp3) is 0.464. The first kappa shape index (κ1) is 155. The molecule has 0 amide bonds. The molecule has 11 aromatic heterocycles. The molecule has 818 valence electrons. The van der Waals surface area contributed by atoms with Crippen molar-refractivity contribution in [3.05, 3.63) is 409 Å². The summed E-state index contributed by atoms with van der Waals surface area (Å²) in [6.45, 7) is 102. The molecule has 0 saturated carbocycles. The maximum Gasteiger partial charge on any atom is 0.138 e. The van der Waals surface area contributed by atoms with Crippen molar-refractivity contribution in [3.63, 3.8) is 0 Å². The average Bonchev–Trinajstić information content (AvgIpc) is 0.878. The molecule has 0 N–H and O–H groups in total. The molecule has 0 aliphatic rings. The monoisotopic (exact) mass is 2030 g/mol. The first-order chi connectivity index (χ1) is 68.2. The van der Waals surface area contributed by atoms with Gasteiger partial charge in [0.05, 0.1) is 18.6 Å². The zero-order valence-electron chi connectivity index (χ0n) is 101. The first-order valence-electron chi connectivity index (χ1n) is 50.0. The lowest BCUT2D eigenvalue weighted by Crippen LogP contribution is -2.15. The Morgan fingerprint density at radius 1 is 0.128 bits per heavy atom. The standard InChI is InChI=1S/C7H11N3.4C7H8.2C5H5N.10C5H12.6C4H4N2.2C3H3N3/c1-7(2,3)6-9-4-8-5-10-6;4*1-7-5-3-2-4-6-7;2*1-2-4-6-5-3-1;10*1-5(2,3)4;2*1-2-6-4-3-5-1;2*1-2-5-4-6-3-1;2*1-2-4-6-5-3-1;1-2-5-6-3-4-1;1-2-4-6-5-3-1/h4-5H,1-3H3;4*2-6H,1H3;2*1-5H;10*1-4H3;6*1-4H;2*1-3H. The summed E-state index contributed by atoms with van der Waals surface area (Å²) in [5, 5.41) is 31.2. The lowest BCUT2D eigenvalue weighted by molar-refractivity contribution is 0.469. The van der Waals surface area contributed by atoms with Gasteiger partial charge < -0.3 is 0 Å². The fourth-order valence-electron chi connectivity index (χ4n) is 5.32. The Balaban J connectivity index is -0.000000168. The summed E-state index contributed by atoms with van der Waals surface area (Å²) in [6.07, 6.45) is 47.1. The van der Waals surface area contributed by atoms with E-state index in [1.807, 2.05) is 133 Å². The van der Waals surface area contributed by atoms with E-state index in [1.54, 1.807) is 161 Å². The number of hydrogen-bond donors (Lipinski definition) is 0. The van der Waals surface area contributed by atoms with Crippen LogP contribution in [0.1, 0.15) is 326 Å². The lowest BCUT2D eigenvalue weighted by atomic mass is 9.96. The maximum absolute atomic E-state index is 4.03.